The van der Waals surface area contributed by atoms with Gasteiger partial charge in [-0.15, -0.1) is 0 Å². The highest BCUT2D eigenvalue weighted by atomic mass is 16.5. The van der Waals surface area contributed by atoms with Crippen LogP contribution in [-0.2, 0) is 32.7 Å². The molecule has 0 radical (unpaired) electrons. The van der Waals surface area contributed by atoms with Crippen LogP contribution < -0.4 is 20.1 Å². The molecule has 0 saturated carbocycles. The molecular formula is C41H40N2O6. The lowest BCUT2D eigenvalue weighted by Crippen LogP contribution is -2.34. The Bertz CT molecular complexity index is 2000. The molecule has 0 spiro atoms. The number of aryl methyl sites for hydroxylation is 1. The molecule has 250 valence electrons. The number of amides is 1. The molecule has 1 aliphatic carbocycles. The zero-order chi connectivity index (χ0) is 34.4. The predicted molar refractivity (Wildman–Crippen MR) is 195 cm³/mol. The van der Waals surface area contributed by atoms with Crippen molar-refractivity contribution in [2.45, 2.75) is 32.3 Å². The summed E-state index contributed by atoms with van der Waals surface area (Å²) < 4.78 is 22.2. The summed E-state index contributed by atoms with van der Waals surface area (Å²) in [6.07, 6.45) is 5.84. The summed E-state index contributed by atoms with van der Waals surface area (Å²) in [4.78, 5) is 21.2. The summed E-state index contributed by atoms with van der Waals surface area (Å²) in [5, 5.41) is 8.17. The topological polar surface area (TPSA) is 95.1 Å². The monoisotopic (exact) mass is 656 g/mol. The molecule has 1 unspecified atom stereocenters. The van der Waals surface area contributed by atoms with E-state index in [9.17, 15) is 9.59 Å². The zero-order valence-electron chi connectivity index (χ0n) is 28.2. The van der Waals surface area contributed by atoms with Crippen molar-refractivity contribution >= 4 is 40.8 Å². The van der Waals surface area contributed by atoms with Crippen LogP contribution in [0.15, 0.2) is 97.1 Å². The van der Waals surface area contributed by atoms with Crippen LogP contribution in [0.25, 0.3) is 28.0 Å². The van der Waals surface area contributed by atoms with Crippen molar-refractivity contribution < 1.29 is 28.5 Å². The molecule has 1 aliphatic heterocycles. The second kappa shape index (κ2) is 14.6. The van der Waals surface area contributed by atoms with Gasteiger partial charge in [-0.25, -0.2) is 4.79 Å². The van der Waals surface area contributed by atoms with Crippen molar-refractivity contribution in [3.05, 3.63) is 125 Å². The normalized spacial score (nSPS) is 15.3. The average molecular weight is 657 g/mol. The van der Waals surface area contributed by atoms with Crippen LogP contribution in [0.1, 0.15) is 41.7 Å². The molecule has 49 heavy (non-hydrogen) atoms. The lowest BCUT2D eigenvalue weighted by Gasteiger charge is -2.38. The quantitative estimate of drug-likeness (QED) is 0.161. The summed E-state index contributed by atoms with van der Waals surface area (Å²) in [5.74, 6) is 1.62. The number of rotatable bonds is 8. The Balaban J connectivity index is 0.000000778. The van der Waals surface area contributed by atoms with Crippen LogP contribution >= 0.6 is 0 Å². The van der Waals surface area contributed by atoms with Crippen molar-refractivity contribution in [2.24, 2.45) is 0 Å². The van der Waals surface area contributed by atoms with Crippen molar-refractivity contribution in [1.82, 2.24) is 0 Å². The molecular weight excluding hydrogens is 616 g/mol. The first-order chi connectivity index (χ1) is 24.0. The van der Waals surface area contributed by atoms with E-state index in [4.69, 9.17) is 14.2 Å². The average Bonchev–Trinajstić information content (AvgIpc) is 3.15. The SMILES string of the molecule is CCOC(=O)Nc1ccc(C2(c3ccc(NC)cc3)C=Cc3c4c(c5ccc(OC)cc5c3O2)-c2ccccc2CC4)cc1.CCOC=O. The molecule has 5 aromatic carbocycles. The highest BCUT2D eigenvalue weighted by Gasteiger charge is 2.39. The number of hydrogen-bond donors (Lipinski definition) is 2. The Labute approximate surface area is 286 Å². The summed E-state index contributed by atoms with van der Waals surface area (Å²) >= 11 is 0. The van der Waals surface area contributed by atoms with Gasteiger partial charge in [-0.3, -0.25) is 10.1 Å². The number of nitrogens with one attached hydrogen (secondary N) is 2. The van der Waals surface area contributed by atoms with Gasteiger partial charge >= 0.3 is 6.09 Å². The van der Waals surface area contributed by atoms with Gasteiger partial charge in [0, 0.05) is 40.5 Å². The lowest BCUT2D eigenvalue weighted by molar-refractivity contribution is -0.128. The van der Waals surface area contributed by atoms with E-state index in [2.05, 4.69) is 88.2 Å². The lowest BCUT2D eigenvalue weighted by atomic mass is 9.77. The van der Waals surface area contributed by atoms with Crippen molar-refractivity contribution in [3.63, 3.8) is 0 Å². The van der Waals surface area contributed by atoms with Crippen LogP contribution in [0, 0.1) is 0 Å². The van der Waals surface area contributed by atoms with Crippen molar-refractivity contribution in [3.8, 4) is 22.6 Å². The number of methoxy groups -OCH3 is 1. The highest BCUT2D eigenvalue weighted by molar-refractivity contribution is 6.06. The van der Waals surface area contributed by atoms with E-state index in [0.29, 0.717) is 25.4 Å². The number of hydrogen-bond acceptors (Lipinski definition) is 7. The van der Waals surface area contributed by atoms with Gasteiger partial charge in [0.25, 0.3) is 6.47 Å². The highest BCUT2D eigenvalue weighted by Crippen LogP contribution is 2.52. The largest absolute Gasteiger partial charge is 0.497 e. The van der Waals surface area contributed by atoms with Gasteiger partial charge in [0.1, 0.15) is 11.5 Å². The van der Waals surface area contributed by atoms with Crippen molar-refractivity contribution in [2.75, 3.05) is 38.0 Å². The fourth-order valence-corrected chi connectivity index (χ4v) is 6.64. The summed E-state index contributed by atoms with van der Waals surface area (Å²) in [6, 6.07) is 31.1. The van der Waals surface area contributed by atoms with Crippen LogP contribution in [-0.4, -0.2) is 39.9 Å². The van der Waals surface area contributed by atoms with Gasteiger partial charge in [-0.2, -0.15) is 0 Å². The fraction of sp³-hybridized carbons (Fsp3) is 0.220. The smallest absolute Gasteiger partial charge is 0.411 e. The Hall–Kier alpha value is -5.76. The minimum absolute atomic E-state index is 0.307. The van der Waals surface area contributed by atoms with E-state index in [1.165, 1.54) is 22.3 Å². The number of ether oxygens (including phenoxy) is 4. The molecule has 0 bridgehead atoms. The van der Waals surface area contributed by atoms with Gasteiger partial charge in [-0.05, 0) is 103 Å². The first-order valence-electron chi connectivity index (χ1n) is 16.5. The zero-order valence-corrected chi connectivity index (χ0v) is 28.2. The van der Waals surface area contributed by atoms with E-state index in [0.717, 1.165) is 57.5 Å². The van der Waals surface area contributed by atoms with E-state index >= 15 is 0 Å². The molecule has 1 atom stereocenters. The predicted octanol–water partition coefficient (Wildman–Crippen LogP) is 8.75. The minimum atomic E-state index is -0.918. The molecule has 2 aliphatic rings. The number of fused-ring (bicyclic) bond motifs is 8. The van der Waals surface area contributed by atoms with Gasteiger partial charge in [0.2, 0.25) is 0 Å². The Kier molecular flexibility index (Phi) is 9.85. The summed E-state index contributed by atoms with van der Waals surface area (Å²) in [5.41, 5.74) is 9.01. The first-order valence-corrected chi connectivity index (χ1v) is 16.5. The standard InChI is InChI=1S/C38H34N2O4.C3H6O2/c1-4-43-37(41)40-28-16-12-26(13-17-28)38(25-10-14-27(39-2)15-11-25)22-21-33-31-19-9-24-7-5-6-8-30(24)35(31)32-20-18-29(42-3)23-34(32)36(33)44-38;1-2-5-3-4/h5-8,10-18,20-23,39H,4,9,19H2,1-3H3,(H,40,41);3H,2H2,1H3. The molecule has 7 rings (SSSR count). The Morgan fingerprint density at radius 1 is 0.878 bits per heavy atom. The molecule has 1 amide bonds. The van der Waals surface area contributed by atoms with Crippen LogP contribution in [0.3, 0.4) is 0 Å². The van der Waals surface area contributed by atoms with E-state index in [-0.39, 0.29) is 0 Å². The van der Waals surface area contributed by atoms with Gasteiger partial charge in [-0.1, -0.05) is 54.6 Å². The van der Waals surface area contributed by atoms with Crippen LogP contribution in [0.2, 0.25) is 0 Å². The maximum Gasteiger partial charge on any atom is 0.411 e. The van der Waals surface area contributed by atoms with E-state index in [1.54, 1.807) is 21.0 Å². The molecule has 0 saturated heterocycles. The summed E-state index contributed by atoms with van der Waals surface area (Å²) in [6.45, 7) is 4.76. The molecule has 1 heterocycles. The van der Waals surface area contributed by atoms with E-state index < -0.39 is 11.7 Å². The molecule has 0 aromatic heterocycles. The molecule has 5 aromatic rings. The fourth-order valence-electron chi connectivity index (χ4n) is 6.64. The van der Waals surface area contributed by atoms with E-state index in [1.807, 2.05) is 37.4 Å². The van der Waals surface area contributed by atoms with Gasteiger partial charge in [0.15, 0.2) is 5.60 Å². The third-order valence-corrected chi connectivity index (χ3v) is 8.96. The Morgan fingerprint density at radius 2 is 1.59 bits per heavy atom. The number of carbonyl (C=O) groups excluding carboxylic acids is 2. The second-order valence-electron chi connectivity index (χ2n) is 11.6. The van der Waals surface area contributed by atoms with Crippen molar-refractivity contribution in [1.29, 1.82) is 0 Å². The molecule has 0 fully saturated rings. The molecule has 8 nitrogen and oxygen atoms in total. The third kappa shape index (κ3) is 6.42. The Morgan fingerprint density at radius 3 is 2.22 bits per heavy atom. The minimum Gasteiger partial charge on any atom is -0.497 e. The van der Waals surface area contributed by atoms with Gasteiger partial charge in [0.05, 0.1) is 20.3 Å². The number of benzene rings is 5. The third-order valence-electron chi connectivity index (χ3n) is 8.96. The van der Waals surface area contributed by atoms with Crippen LogP contribution in [0.4, 0.5) is 16.2 Å². The second-order valence-corrected chi connectivity index (χ2v) is 11.6. The molecule has 8 heteroatoms. The van der Waals surface area contributed by atoms with Crippen LogP contribution in [0.5, 0.6) is 11.5 Å². The maximum atomic E-state index is 12.1. The first kappa shape index (κ1) is 33.2. The molecule has 2 N–H and O–H groups in total. The van der Waals surface area contributed by atoms with Gasteiger partial charge < -0.3 is 24.3 Å². The number of anilines is 2. The maximum absolute atomic E-state index is 12.1. The summed E-state index contributed by atoms with van der Waals surface area (Å²) in [7, 11) is 3.61. The number of carbonyl (C=O) groups is 2.